The van der Waals surface area contributed by atoms with Crippen molar-refractivity contribution in [2.24, 2.45) is 0 Å². The molecule has 2 bridgehead atoms. The van der Waals surface area contributed by atoms with Crippen molar-refractivity contribution in [3.8, 4) is 0 Å². The number of ether oxygens (including phenoxy) is 1. The second-order valence-corrected chi connectivity index (χ2v) is 20.5. The Balaban J connectivity index is 1.03. The minimum atomic E-state index is -0.257. The lowest BCUT2D eigenvalue weighted by molar-refractivity contribution is -0.143. The average Bonchev–Trinajstić information content (AvgIpc) is 4.10. The number of hydrogen-bond acceptors (Lipinski definition) is 3. The standard InChI is InChI=1S/C56H34O2S/c57-34(58-13-10-23-11-14-59-22-23)7-4-12-56(31-5-2-1-3-6-31)33-9-8-24-15-25-16-26-17-27-18-29-19-28-20-30-21-32(33)42-47-38(30)37(28)44-39(29)43-35(27)36(26)45-40(25)46-41(24)55(56)54(42)53-51(46)49(45)48(43)50(44)52(47)53/h1-3,5-6,11,14-16,19,21-22,24,33H,4,7-10,12-13,17-18,20H2. The Morgan fingerprint density at radius 3 is 2.24 bits per heavy atom. The van der Waals surface area contributed by atoms with Crippen LogP contribution in [0, 0.1) is 0 Å². The summed E-state index contributed by atoms with van der Waals surface area (Å²) in [6.45, 7) is 0.453. The van der Waals surface area contributed by atoms with Gasteiger partial charge in [0.1, 0.15) is 0 Å². The Labute approximate surface area is 341 Å². The Morgan fingerprint density at radius 2 is 1.39 bits per heavy atom. The first kappa shape index (κ1) is 29.4. The van der Waals surface area contributed by atoms with Crippen LogP contribution in [0.25, 0.3) is 109 Å². The molecule has 1 aromatic heterocycles. The summed E-state index contributed by atoms with van der Waals surface area (Å²) in [5, 5.41) is 36.2. The normalized spacial score (nSPS) is 21.8. The Hall–Kier alpha value is -5.77. The number of carbonyl (C=O) groups is 1. The second kappa shape index (κ2) is 9.03. The predicted octanol–water partition coefficient (Wildman–Crippen LogP) is 11.9. The molecule has 0 N–H and O–H groups in total. The monoisotopic (exact) mass is 770 g/mol. The zero-order valence-corrected chi connectivity index (χ0v) is 33.2. The molecule has 3 unspecified atom stereocenters. The summed E-state index contributed by atoms with van der Waals surface area (Å²) >= 11 is 1.70. The van der Waals surface area contributed by atoms with Crippen LogP contribution in [-0.2, 0) is 40.6 Å². The minimum absolute atomic E-state index is 0.0561. The van der Waals surface area contributed by atoms with E-state index >= 15 is 0 Å². The molecule has 1 heterocycles. The van der Waals surface area contributed by atoms with Gasteiger partial charge in [0, 0.05) is 24.2 Å². The molecule has 0 saturated carbocycles. The maximum atomic E-state index is 13.6. The SMILES string of the molecule is O=C(CCCC1(c2ccccc2)c2c3c4c5c6cc7c8c9c%10c%11c(cc%12c%13c%14c(cc(c%15c2c2c4c(c85)c%10c(c%13%11)c2c%14%15)C1CCC3C=6)C%12)CC=9C7)OCCc1ccsc1. The van der Waals surface area contributed by atoms with Gasteiger partial charge in [-0.25, -0.2) is 0 Å². The number of fused-ring (bicyclic) bond motifs is 2. The molecule has 6 aliphatic rings. The van der Waals surface area contributed by atoms with E-state index in [4.69, 9.17) is 4.74 Å². The van der Waals surface area contributed by atoms with Crippen LogP contribution in [0.2, 0.25) is 0 Å². The quantitative estimate of drug-likeness (QED) is 0.114. The minimum Gasteiger partial charge on any atom is -0.465 e. The van der Waals surface area contributed by atoms with Gasteiger partial charge in [-0.3, -0.25) is 4.79 Å². The van der Waals surface area contributed by atoms with E-state index in [-0.39, 0.29) is 11.4 Å². The van der Waals surface area contributed by atoms with Gasteiger partial charge in [0.2, 0.25) is 0 Å². The number of thiophene rings is 1. The van der Waals surface area contributed by atoms with Gasteiger partial charge in [0.15, 0.2) is 0 Å². The van der Waals surface area contributed by atoms with E-state index in [1.807, 2.05) is 0 Å². The summed E-state index contributed by atoms with van der Waals surface area (Å²) in [5.74, 6) is 0.637. The third kappa shape index (κ3) is 2.79. The third-order valence-electron chi connectivity index (χ3n) is 17.6. The van der Waals surface area contributed by atoms with Crippen molar-refractivity contribution in [2.45, 2.75) is 75.0 Å². The van der Waals surface area contributed by atoms with Crippen molar-refractivity contribution in [3.05, 3.63) is 126 Å². The molecule has 276 valence electrons. The van der Waals surface area contributed by atoms with Crippen LogP contribution in [0.1, 0.15) is 94.0 Å². The number of carbonyl (C=O) groups excluding carboxylic acids is 1. The number of benzene rings is 8. The summed E-state index contributed by atoms with van der Waals surface area (Å²) in [4.78, 5) is 13.6. The molecular formula is C56H34O2S. The fourth-order valence-corrected chi connectivity index (χ4v) is 16.8. The van der Waals surface area contributed by atoms with Crippen molar-refractivity contribution in [3.63, 3.8) is 0 Å². The molecule has 3 atom stereocenters. The van der Waals surface area contributed by atoms with Crippen molar-refractivity contribution < 1.29 is 9.53 Å². The highest BCUT2D eigenvalue weighted by atomic mass is 32.1. The molecule has 18 rings (SSSR count). The highest BCUT2D eigenvalue weighted by Gasteiger charge is 2.54. The summed E-state index contributed by atoms with van der Waals surface area (Å²) in [7, 11) is 0. The number of hydrogen-bond donors (Lipinski definition) is 0. The summed E-state index contributed by atoms with van der Waals surface area (Å²) in [6.07, 6.45) is 11.3. The van der Waals surface area contributed by atoms with Crippen LogP contribution in [0.4, 0.5) is 0 Å². The fourth-order valence-electron chi connectivity index (χ4n) is 16.1. The molecule has 3 heteroatoms. The Kier molecular flexibility index (Phi) is 4.50. The molecule has 0 fully saturated rings. The summed E-state index contributed by atoms with van der Waals surface area (Å²) < 4.78 is 5.94. The van der Waals surface area contributed by atoms with Crippen LogP contribution >= 0.6 is 11.3 Å². The topological polar surface area (TPSA) is 26.3 Å². The molecule has 0 radical (unpaired) electrons. The first-order chi connectivity index (χ1) is 29.2. The van der Waals surface area contributed by atoms with Crippen molar-refractivity contribution in [1.82, 2.24) is 0 Å². The van der Waals surface area contributed by atoms with Gasteiger partial charge in [-0.15, -0.1) is 0 Å². The van der Waals surface area contributed by atoms with Gasteiger partial charge in [-0.2, -0.15) is 11.3 Å². The summed E-state index contributed by atoms with van der Waals surface area (Å²) in [5.41, 5.74) is 15.3. The Morgan fingerprint density at radius 1 is 0.678 bits per heavy atom. The highest BCUT2D eigenvalue weighted by Crippen LogP contribution is 2.70. The van der Waals surface area contributed by atoms with Gasteiger partial charge in [0.05, 0.1) is 6.61 Å². The second-order valence-electron chi connectivity index (χ2n) is 19.7. The lowest BCUT2D eigenvalue weighted by Gasteiger charge is -2.46. The maximum Gasteiger partial charge on any atom is 0.305 e. The van der Waals surface area contributed by atoms with Crippen molar-refractivity contribution in [2.75, 3.05) is 6.61 Å². The van der Waals surface area contributed by atoms with Gasteiger partial charge in [-0.05, 0) is 225 Å². The third-order valence-corrected chi connectivity index (χ3v) is 18.3. The van der Waals surface area contributed by atoms with Gasteiger partial charge in [-0.1, -0.05) is 60.2 Å². The fraction of sp³-hybridized carbons (Fsp3) is 0.232. The molecule has 12 aromatic rings. The zero-order chi connectivity index (χ0) is 37.5. The smallest absolute Gasteiger partial charge is 0.305 e. The summed E-state index contributed by atoms with van der Waals surface area (Å²) in [6, 6.07) is 21.9. The van der Waals surface area contributed by atoms with E-state index in [1.165, 1.54) is 16.3 Å². The lowest BCUT2D eigenvalue weighted by Crippen LogP contribution is -2.38. The van der Waals surface area contributed by atoms with E-state index < -0.39 is 0 Å². The average molecular weight is 771 g/mol. The van der Waals surface area contributed by atoms with E-state index in [1.54, 1.807) is 158 Å². The molecule has 59 heavy (non-hydrogen) atoms. The van der Waals surface area contributed by atoms with Gasteiger partial charge >= 0.3 is 5.97 Å². The first-order valence-electron chi connectivity index (χ1n) is 22.2. The molecule has 0 spiro atoms. The van der Waals surface area contributed by atoms with E-state index in [0.717, 1.165) is 51.4 Å². The molecule has 11 aromatic carbocycles. The highest BCUT2D eigenvalue weighted by molar-refractivity contribution is 7.08. The van der Waals surface area contributed by atoms with Crippen LogP contribution in [0.15, 0.2) is 65.4 Å². The molecular weight excluding hydrogens is 737 g/mol. The molecule has 0 saturated heterocycles. The zero-order valence-electron chi connectivity index (χ0n) is 32.4. The lowest BCUT2D eigenvalue weighted by atomic mass is 9.56. The van der Waals surface area contributed by atoms with Crippen LogP contribution in [0.3, 0.4) is 0 Å². The van der Waals surface area contributed by atoms with E-state index in [9.17, 15) is 4.79 Å². The largest absolute Gasteiger partial charge is 0.465 e. The molecule has 6 aliphatic carbocycles. The van der Waals surface area contributed by atoms with Crippen molar-refractivity contribution >= 4 is 126 Å². The van der Waals surface area contributed by atoms with Gasteiger partial charge in [0.25, 0.3) is 0 Å². The van der Waals surface area contributed by atoms with E-state index in [0.29, 0.717) is 24.9 Å². The van der Waals surface area contributed by atoms with Crippen molar-refractivity contribution in [1.29, 1.82) is 0 Å². The molecule has 0 aliphatic heterocycles. The predicted molar refractivity (Wildman–Crippen MR) is 243 cm³/mol. The maximum absolute atomic E-state index is 13.6. The van der Waals surface area contributed by atoms with Crippen LogP contribution in [-0.4, -0.2) is 12.6 Å². The molecule has 0 amide bonds. The molecule has 2 nitrogen and oxygen atoms in total. The van der Waals surface area contributed by atoms with Crippen LogP contribution < -0.4 is 10.4 Å². The van der Waals surface area contributed by atoms with E-state index in [2.05, 4.69) is 71.4 Å². The van der Waals surface area contributed by atoms with Crippen LogP contribution in [0.5, 0.6) is 0 Å². The Bertz CT molecular complexity index is 4110. The first-order valence-corrected chi connectivity index (χ1v) is 23.2. The number of rotatable bonds is 8. The number of esters is 1. The van der Waals surface area contributed by atoms with Gasteiger partial charge < -0.3 is 4.74 Å².